The molecule has 1 fully saturated rings. The van der Waals surface area contributed by atoms with Gasteiger partial charge in [-0.2, -0.15) is 0 Å². The SMILES string of the molecule is CC(C)NC(=O)Nc1cccc(C(=O)N2CCOCC2(C)C)c1. The molecule has 0 spiro atoms. The van der Waals surface area contributed by atoms with E-state index in [-0.39, 0.29) is 23.5 Å². The van der Waals surface area contributed by atoms with Gasteiger partial charge < -0.3 is 20.3 Å². The lowest BCUT2D eigenvalue weighted by atomic mass is 10.0. The molecule has 2 rings (SSSR count). The van der Waals surface area contributed by atoms with Gasteiger partial charge in [-0.3, -0.25) is 4.79 Å². The molecule has 0 atom stereocenters. The zero-order valence-corrected chi connectivity index (χ0v) is 14.2. The maximum Gasteiger partial charge on any atom is 0.319 e. The molecule has 1 aromatic rings. The van der Waals surface area contributed by atoms with Crippen molar-refractivity contribution in [2.24, 2.45) is 0 Å². The number of anilines is 1. The number of amides is 3. The van der Waals surface area contributed by atoms with Crippen molar-refractivity contribution in [3.05, 3.63) is 29.8 Å². The van der Waals surface area contributed by atoms with Crippen LogP contribution in [0.1, 0.15) is 38.1 Å². The predicted octanol–water partition coefficient (Wildman–Crippen LogP) is 2.47. The Kier molecular flexibility index (Phi) is 5.26. The minimum atomic E-state index is -0.339. The highest BCUT2D eigenvalue weighted by Gasteiger charge is 2.34. The molecule has 1 saturated heterocycles. The standard InChI is InChI=1S/C17H25N3O3/c1-12(2)18-16(22)19-14-7-5-6-13(10-14)15(21)20-8-9-23-11-17(20,3)4/h5-7,10,12H,8-9,11H2,1-4H3,(H2,18,19,22). The van der Waals surface area contributed by atoms with Crippen LogP contribution in [0.3, 0.4) is 0 Å². The van der Waals surface area contributed by atoms with Gasteiger partial charge in [0.1, 0.15) is 0 Å². The number of hydrogen-bond acceptors (Lipinski definition) is 3. The van der Waals surface area contributed by atoms with E-state index in [0.717, 1.165) is 0 Å². The van der Waals surface area contributed by atoms with Gasteiger partial charge in [0.15, 0.2) is 0 Å². The molecule has 2 N–H and O–H groups in total. The molecule has 23 heavy (non-hydrogen) atoms. The molecule has 6 nitrogen and oxygen atoms in total. The van der Waals surface area contributed by atoms with Crippen molar-refractivity contribution >= 4 is 17.6 Å². The molecule has 6 heteroatoms. The minimum absolute atomic E-state index is 0.0498. The van der Waals surface area contributed by atoms with E-state index in [0.29, 0.717) is 31.0 Å². The third-order valence-corrected chi connectivity index (χ3v) is 3.68. The number of carbonyl (C=O) groups excluding carboxylic acids is 2. The van der Waals surface area contributed by atoms with E-state index in [1.54, 1.807) is 24.3 Å². The Morgan fingerprint density at radius 1 is 1.30 bits per heavy atom. The van der Waals surface area contributed by atoms with Crippen molar-refractivity contribution in [3.63, 3.8) is 0 Å². The number of ether oxygens (including phenoxy) is 1. The van der Waals surface area contributed by atoms with Crippen LogP contribution in [-0.4, -0.2) is 48.2 Å². The highest BCUT2D eigenvalue weighted by molar-refractivity contribution is 5.97. The topological polar surface area (TPSA) is 70.7 Å². The van der Waals surface area contributed by atoms with Crippen LogP contribution >= 0.6 is 0 Å². The zero-order valence-electron chi connectivity index (χ0n) is 14.2. The van der Waals surface area contributed by atoms with Crippen LogP contribution in [0.25, 0.3) is 0 Å². The Bertz CT molecular complexity index is 584. The van der Waals surface area contributed by atoms with Gasteiger partial charge in [-0.05, 0) is 45.9 Å². The number of morpholine rings is 1. The van der Waals surface area contributed by atoms with E-state index in [9.17, 15) is 9.59 Å². The van der Waals surface area contributed by atoms with Crippen LogP contribution in [0.15, 0.2) is 24.3 Å². The van der Waals surface area contributed by atoms with Crippen molar-refractivity contribution in [2.75, 3.05) is 25.1 Å². The van der Waals surface area contributed by atoms with E-state index < -0.39 is 0 Å². The van der Waals surface area contributed by atoms with E-state index in [4.69, 9.17) is 4.74 Å². The highest BCUT2D eigenvalue weighted by Crippen LogP contribution is 2.22. The largest absolute Gasteiger partial charge is 0.377 e. The lowest BCUT2D eigenvalue weighted by Gasteiger charge is -2.42. The second-order valence-electron chi connectivity index (χ2n) is 6.66. The number of urea groups is 1. The van der Waals surface area contributed by atoms with E-state index >= 15 is 0 Å². The van der Waals surface area contributed by atoms with Crippen molar-refractivity contribution in [3.8, 4) is 0 Å². The first-order valence-corrected chi connectivity index (χ1v) is 7.87. The predicted molar refractivity (Wildman–Crippen MR) is 89.7 cm³/mol. The zero-order chi connectivity index (χ0) is 17.0. The second kappa shape index (κ2) is 7.00. The van der Waals surface area contributed by atoms with Crippen molar-refractivity contribution in [1.29, 1.82) is 0 Å². The normalized spacial score (nSPS) is 17.0. The summed E-state index contributed by atoms with van der Waals surface area (Å²) >= 11 is 0. The first-order valence-electron chi connectivity index (χ1n) is 7.87. The van der Waals surface area contributed by atoms with Gasteiger partial charge in [0.2, 0.25) is 0 Å². The number of carbonyl (C=O) groups is 2. The lowest BCUT2D eigenvalue weighted by molar-refractivity contribution is -0.0370. The van der Waals surface area contributed by atoms with Gasteiger partial charge in [0.05, 0.1) is 18.8 Å². The Balaban J connectivity index is 2.12. The van der Waals surface area contributed by atoms with Crippen LogP contribution in [-0.2, 0) is 4.74 Å². The fourth-order valence-electron chi connectivity index (χ4n) is 2.55. The molecule has 0 aliphatic carbocycles. The molecule has 0 saturated carbocycles. The van der Waals surface area contributed by atoms with Gasteiger partial charge in [0, 0.05) is 23.8 Å². The summed E-state index contributed by atoms with van der Waals surface area (Å²) in [6, 6.07) is 6.77. The summed E-state index contributed by atoms with van der Waals surface area (Å²) in [5.74, 6) is -0.0498. The third kappa shape index (κ3) is 4.45. The van der Waals surface area contributed by atoms with Crippen LogP contribution in [0.4, 0.5) is 10.5 Å². The molecule has 126 valence electrons. The first-order chi connectivity index (χ1) is 10.8. The molecular formula is C17H25N3O3. The number of nitrogens with one attached hydrogen (secondary N) is 2. The summed E-state index contributed by atoms with van der Waals surface area (Å²) in [6.07, 6.45) is 0. The maximum absolute atomic E-state index is 12.8. The molecule has 1 aliphatic rings. The van der Waals surface area contributed by atoms with Crippen LogP contribution in [0.5, 0.6) is 0 Å². The maximum atomic E-state index is 12.8. The molecule has 0 radical (unpaired) electrons. The fraction of sp³-hybridized carbons (Fsp3) is 0.529. The Morgan fingerprint density at radius 2 is 2.04 bits per heavy atom. The highest BCUT2D eigenvalue weighted by atomic mass is 16.5. The summed E-state index contributed by atoms with van der Waals surface area (Å²) in [7, 11) is 0. The van der Waals surface area contributed by atoms with Crippen molar-refractivity contribution in [1.82, 2.24) is 10.2 Å². The molecule has 1 heterocycles. The number of hydrogen-bond donors (Lipinski definition) is 2. The van der Waals surface area contributed by atoms with Crippen molar-refractivity contribution in [2.45, 2.75) is 39.3 Å². The molecule has 0 aromatic heterocycles. The Morgan fingerprint density at radius 3 is 2.70 bits per heavy atom. The smallest absolute Gasteiger partial charge is 0.319 e. The third-order valence-electron chi connectivity index (χ3n) is 3.68. The summed E-state index contributed by atoms with van der Waals surface area (Å²) in [6.45, 7) is 9.39. The van der Waals surface area contributed by atoms with Gasteiger partial charge in [-0.15, -0.1) is 0 Å². The van der Waals surface area contributed by atoms with E-state index in [2.05, 4.69) is 10.6 Å². The minimum Gasteiger partial charge on any atom is -0.377 e. The van der Waals surface area contributed by atoms with E-state index in [1.807, 2.05) is 32.6 Å². The first kappa shape index (κ1) is 17.3. The average Bonchev–Trinajstić information content (AvgIpc) is 2.45. The summed E-state index contributed by atoms with van der Waals surface area (Å²) < 4.78 is 5.46. The van der Waals surface area contributed by atoms with Gasteiger partial charge in [0.25, 0.3) is 5.91 Å². The molecule has 0 unspecified atom stereocenters. The summed E-state index contributed by atoms with van der Waals surface area (Å²) in [5.41, 5.74) is 0.815. The second-order valence-corrected chi connectivity index (χ2v) is 6.66. The quantitative estimate of drug-likeness (QED) is 0.899. The monoisotopic (exact) mass is 319 g/mol. The summed E-state index contributed by atoms with van der Waals surface area (Å²) in [5, 5.41) is 5.50. The Hall–Kier alpha value is -2.08. The molecular weight excluding hydrogens is 294 g/mol. The number of rotatable bonds is 3. The molecule has 0 bridgehead atoms. The van der Waals surface area contributed by atoms with Gasteiger partial charge in [-0.1, -0.05) is 6.07 Å². The van der Waals surface area contributed by atoms with Crippen LogP contribution in [0.2, 0.25) is 0 Å². The van der Waals surface area contributed by atoms with Crippen LogP contribution in [0, 0.1) is 0 Å². The number of nitrogens with zero attached hydrogens (tertiary/aromatic N) is 1. The fourth-order valence-corrected chi connectivity index (χ4v) is 2.55. The van der Waals surface area contributed by atoms with Crippen LogP contribution < -0.4 is 10.6 Å². The van der Waals surface area contributed by atoms with Crippen molar-refractivity contribution < 1.29 is 14.3 Å². The van der Waals surface area contributed by atoms with E-state index in [1.165, 1.54) is 0 Å². The number of benzene rings is 1. The average molecular weight is 319 g/mol. The van der Waals surface area contributed by atoms with Gasteiger partial charge >= 0.3 is 6.03 Å². The lowest BCUT2D eigenvalue weighted by Crippen LogP contribution is -2.55. The Labute approximate surface area is 137 Å². The molecule has 3 amide bonds. The molecule has 1 aromatic carbocycles. The molecule has 1 aliphatic heterocycles. The van der Waals surface area contributed by atoms with Gasteiger partial charge in [-0.25, -0.2) is 4.79 Å². The summed E-state index contributed by atoms with van der Waals surface area (Å²) in [4.78, 5) is 26.4.